The Morgan fingerprint density at radius 3 is 1.11 bits per heavy atom. The molecule has 0 fully saturated rings. The number of imide groups is 2. The van der Waals surface area contributed by atoms with Crippen LogP contribution in [0, 0.1) is 0 Å². The fraction of sp³-hybridized carbons (Fsp3) is 0.235. The number of aliphatic hydroxyl groups is 1. The van der Waals surface area contributed by atoms with Crippen LogP contribution in [0.2, 0.25) is 10.3 Å². The number of benzene rings is 7. The first-order chi connectivity index (χ1) is 43.8. The highest BCUT2D eigenvalue weighted by Crippen LogP contribution is 2.31. The van der Waals surface area contributed by atoms with Crippen molar-refractivity contribution in [2.75, 3.05) is 55.2 Å². The Labute approximate surface area is 539 Å². The number of aromatic nitrogens is 2. The van der Waals surface area contributed by atoms with E-state index in [9.17, 15) is 28.8 Å². The van der Waals surface area contributed by atoms with E-state index in [1.165, 1.54) is 37.1 Å². The van der Waals surface area contributed by atoms with E-state index in [4.69, 9.17) is 67.9 Å². The molecule has 21 nitrogen and oxygen atoms in total. The summed E-state index contributed by atoms with van der Waals surface area (Å²) in [4.78, 5) is 76.0. The number of nitrogens with two attached hydrogens (primary N) is 3. The quantitative estimate of drug-likeness (QED) is 0.0205. The molecule has 2 aliphatic heterocycles. The Morgan fingerprint density at radius 2 is 0.791 bits per heavy atom. The molecule has 482 valence electrons. The topological polar surface area (TPSA) is 328 Å². The molecule has 10 rings (SSSR count). The molecule has 8 aromatic rings. The number of aliphatic hydroxyl groups excluding tert-OH is 1. The number of nitrogens with one attached hydrogen (secondary N) is 1. The van der Waals surface area contributed by atoms with Crippen LogP contribution in [0.1, 0.15) is 108 Å². The van der Waals surface area contributed by atoms with E-state index >= 15 is 0 Å². The minimum atomic E-state index is -0.848. The number of methoxy groups -OCH3 is 5. The molecule has 0 bridgehead atoms. The summed E-state index contributed by atoms with van der Waals surface area (Å²) in [7, 11) is 8.00. The Hall–Kier alpha value is -9.74. The van der Waals surface area contributed by atoms with Crippen LogP contribution >= 0.6 is 23.2 Å². The van der Waals surface area contributed by atoms with Gasteiger partial charge in [-0.1, -0.05) is 159 Å². The molecule has 3 atom stereocenters. The predicted molar refractivity (Wildman–Crippen MR) is 350 cm³/mol. The first-order valence-corrected chi connectivity index (χ1v) is 28.8. The van der Waals surface area contributed by atoms with E-state index < -0.39 is 11.9 Å². The summed E-state index contributed by atoms with van der Waals surface area (Å²) in [6.45, 7) is 7.20. The largest absolute Gasteiger partial charge is 0.496 e. The van der Waals surface area contributed by atoms with Crippen molar-refractivity contribution in [1.82, 2.24) is 20.2 Å². The number of carboxylic acids is 2. The molecule has 0 saturated carbocycles. The highest BCUT2D eigenvalue weighted by atomic mass is 35.5. The maximum absolute atomic E-state index is 12.4. The fourth-order valence-corrected chi connectivity index (χ4v) is 9.03. The molecule has 0 aliphatic carbocycles. The van der Waals surface area contributed by atoms with Crippen molar-refractivity contribution in [2.24, 2.45) is 17.4 Å². The molecule has 10 N–H and O–H groups in total. The molecule has 4 amide bonds. The molecule has 91 heavy (non-hydrogen) atoms. The average molecular weight is 1290 g/mol. The Balaban J connectivity index is 0.000000282. The second kappa shape index (κ2) is 40.7. The Kier molecular flexibility index (Phi) is 33.8. The lowest BCUT2D eigenvalue weighted by Crippen LogP contribution is -2.33. The van der Waals surface area contributed by atoms with Gasteiger partial charge in [-0.05, 0) is 83.8 Å². The molecule has 1 aromatic heterocycles. The first-order valence-electron chi connectivity index (χ1n) is 28.0. The van der Waals surface area contributed by atoms with E-state index in [-0.39, 0.29) is 54.9 Å². The zero-order valence-electron chi connectivity index (χ0n) is 51.8. The second-order valence-corrected chi connectivity index (χ2v) is 20.1. The third-order valence-corrected chi connectivity index (χ3v) is 13.7. The third kappa shape index (κ3) is 24.0. The van der Waals surface area contributed by atoms with Crippen LogP contribution in [0.15, 0.2) is 182 Å². The molecular formula is C68H77Cl2N7O14. The van der Waals surface area contributed by atoms with Crippen LogP contribution in [0.4, 0.5) is 0 Å². The number of fused-ring (bicyclic) bond motifs is 2. The zero-order chi connectivity index (χ0) is 67.4. The number of hydrazine groups is 1. The van der Waals surface area contributed by atoms with Crippen LogP contribution in [-0.4, -0.2) is 121 Å². The van der Waals surface area contributed by atoms with Crippen LogP contribution in [0.3, 0.4) is 0 Å². The normalized spacial score (nSPS) is 12.0. The lowest BCUT2D eigenvalue weighted by molar-refractivity contribution is -0.137. The van der Waals surface area contributed by atoms with Crippen LogP contribution in [-0.2, 0) is 22.4 Å². The summed E-state index contributed by atoms with van der Waals surface area (Å²) < 4.78 is 25.7. The minimum Gasteiger partial charge on any atom is -0.496 e. The number of ether oxygens (including phenoxy) is 5. The fourth-order valence-electron chi connectivity index (χ4n) is 8.68. The number of para-hydroxylation sites is 5. The number of amides is 4. The molecule has 3 heterocycles. The maximum Gasteiger partial charge on any atom is 0.307 e. The number of hydrogen-bond acceptors (Lipinski definition) is 17. The number of nitrogens with zero attached hydrogens (tertiary/aromatic N) is 3. The van der Waals surface area contributed by atoms with Crippen LogP contribution in [0.5, 0.6) is 28.7 Å². The number of rotatable bonds is 16. The van der Waals surface area contributed by atoms with Crippen molar-refractivity contribution in [3.05, 3.63) is 243 Å². The summed E-state index contributed by atoms with van der Waals surface area (Å²) in [5, 5.41) is 29.0. The van der Waals surface area contributed by atoms with Gasteiger partial charge in [0, 0.05) is 42.2 Å². The number of halogens is 2. The zero-order valence-corrected chi connectivity index (χ0v) is 53.3. The summed E-state index contributed by atoms with van der Waals surface area (Å²) in [5.74, 6) is 9.56. The van der Waals surface area contributed by atoms with Crippen LogP contribution < -0.4 is 46.4 Å². The number of aliphatic carboxylic acids is 2. The van der Waals surface area contributed by atoms with Crippen molar-refractivity contribution in [3.8, 4) is 28.7 Å². The van der Waals surface area contributed by atoms with E-state index in [1.54, 1.807) is 106 Å². The lowest BCUT2D eigenvalue weighted by atomic mass is 9.99. The van der Waals surface area contributed by atoms with Gasteiger partial charge in [0.1, 0.15) is 45.4 Å². The van der Waals surface area contributed by atoms with Crippen molar-refractivity contribution in [1.29, 1.82) is 0 Å². The number of carboxylic acid groups (broad SMARTS) is 2. The molecule has 23 heteroatoms. The van der Waals surface area contributed by atoms with Gasteiger partial charge in [0.15, 0.2) is 0 Å². The van der Waals surface area contributed by atoms with Crippen molar-refractivity contribution in [2.45, 2.75) is 51.4 Å². The maximum atomic E-state index is 12.4. The molecule has 3 unspecified atom stereocenters. The van der Waals surface area contributed by atoms with Gasteiger partial charge in [0.25, 0.3) is 23.6 Å². The molecular weight excluding hydrogens is 1210 g/mol. The van der Waals surface area contributed by atoms with Gasteiger partial charge in [-0.25, -0.2) is 9.97 Å². The summed E-state index contributed by atoms with van der Waals surface area (Å²) >= 11 is 10.8. The second-order valence-electron chi connectivity index (χ2n) is 19.4. The van der Waals surface area contributed by atoms with Gasteiger partial charge in [-0.15, -0.1) is 0 Å². The van der Waals surface area contributed by atoms with E-state index in [0.29, 0.717) is 74.2 Å². The highest BCUT2D eigenvalue weighted by molar-refractivity contribution is 6.33. The highest BCUT2D eigenvalue weighted by Gasteiger charge is 2.36. The van der Waals surface area contributed by atoms with Crippen molar-refractivity contribution >= 4 is 58.8 Å². The molecule has 0 spiro atoms. The molecule has 7 aromatic carbocycles. The Bertz CT molecular complexity index is 3420. The standard InChI is InChI=1S/C18H17NO3.C10H15NO.C10H14O2.2C9H10O3.C8H5NO2.C4H2Cl2N2.H4N2/c1-12(13-7-5-6-10-16(13)22-2)11-19-17(20)14-8-3-4-9-15(14)18(19)21;2*1-8(7-11)9-5-3-4-6-10(9)12-2;2*1-12-8-5-3-2-4-7(8)6-9(10)11;10-7-5-3-1-2-4-6(5)8(11)9-7;5-3-1-4(6)8-2-7-3;1-2/h3-10,12H,11H2,1-2H3;3-6,8H,7,11H2,1-2H3;3-6,8,11H,7H2,1-2H3;2*2-5H,6H2,1H3,(H,10,11);1-4H,(H,9,10,11);1-2H;1-2H2. The van der Waals surface area contributed by atoms with Gasteiger partial charge in [-0.2, -0.15) is 0 Å². The third-order valence-electron chi connectivity index (χ3n) is 13.3. The molecule has 0 radical (unpaired) electrons. The smallest absolute Gasteiger partial charge is 0.307 e. The van der Waals surface area contributed by atoms with Crippen molar-refractivity contribution in [3.63, 3.8) is 0 Å². The van der Waals surface area contributed by atoms with Gasteiger partial charge < -0.3 is 44.7 Å². The summed E-state index contributed by atoms with van der Waals surface area (Å²) in [5.41, 5.74) is 12.1. The minimum absolute atomic E-state index is 0.00152. The van der Waals surface area contributed by atoms with Crippen LogP contribution in [0.25, 0.3) is 0 Å². The van der Waals surface area contributed by atoms with Gasteiger partial charge in [0.2, 0.25) is 0 Å². The number of carbonyl (C=O) groups is 6. The monoisotopic (exact) mass is 1290 g/mol. The predicted octanol–water partition coefficient (Wildman–Crippen LogP) is 10.5. The number of carbonyl (C=O) groups excluding carboxylic acids is 4. The SMILES string of the molecule is COc1ccccc1C(C)CN.COc1ccccc1C(C)CN1C(=O)c2ccccc2C1=O.COc1ccccc1C(C)CO.COc1ccccc1CC(=O)O.COc1ccccc1CC(=O)O.Clc1cc(Cl)ncn1.NN.O=C1NC(=O)c2ccccc21. The summed E-state index contributed by atoms with van der Waals surface area (Å²) in [6.07, 6.45) is 1.32. The van der Waals surface area contributed by atoms with Gasteiger partial charge in [-0.3, -0.25) is 50.7 Å². The lowest BCUT2D eigenvalue weighted by Gasteiger charge is -2.21. The van der Waals surface area contributed by atoms with Crippen molar-refractivity contribution < 1.29 is 67.8 Å². The van der Waals surface area contributed by atoms with Gasteiger partial charge in [0.05, 0.1) is 70.6 Å². The molecule has 2 aliphatic rings. The summed E-state index contributed by atoms with van der Waals surface area (Å²) in [6, 6.07) is 52.7. The Morgan fingerprint density at radius 1 is 0.484 bits per heavy atom. The average Bonchev–Trinajstić information content (AvgIpc) is 1.79. The van der Waals surface area contributed by atoms with E-state index in [0.717, 1.165) is 28.4 Å². The molecule has 0 saturated heterocycles. The number of hydrogen-bond donors (Lipinski definition) is 7. The van der Waals surface area contributed by atoms with E-state index in [2.05, 4.69) is 40.0 Å². The van der Waals surface area contributed by atoms with Gasteiger partial charge >= 0.3 is 11.9 Å². The first kappa shape index (κ1) is 75.5. The van der Waals surface area contributed by atoms with E-state index in [1.807, 2.05) is 92.7 Å².